The maximum Gasteiger partial charge on any atom is 0.129 e. The second-order valence-electron chi connectivity index (χ2n) is 4.11. The van der Waals surface area contributed by atoms with Gasteiger partial charge in [-0.25, -0.2) is 8.78 Å². The number of rotatable bonds is 5. The van der Waals surface area contributed by atoms with Crippen LogP contribution in [0, 0.1) is 11.6 Å². The van der Waals surface area contributed by atoms with Gasteiger partial charge in [0.05, 0.1) is 0 Å². The first kappa shape index (κ1) is 13.2. The van der Waals surface area contributed by atoms with Crippen LogP contribution in [0.15, 0.2) is 35.0 Å². The lowest BCUT2D eigenvalue weighted by Gasteiger charge is -2.17. The van der Waals surface area contributed by atoms with Crippen LogP contribution in [-0.4, -0.2) is 6.54 Å². The Morgan fingerprint density at radius 3 is 2.72 bits per heavy atom. The largest absolute Gasteiger partial charge is 0.310 e. The van der Waals surface area contributed by atoms with Crippen LogP contribution in [0.4, 0.5) is 8.78 Å². The molecule has 0 fully saturated rings. The Bertz CT molecular complexity index is 497. The van der Waals surface area contributed by atoms with E-state index in [0.29, 0.717) is 12.0 Å². The molecule has 4 heteroatoms. The fraction of sp³-hybridized carbons (Fsp3) is 0.286. The molecule has 0 aliphatic heterocycles. The van der Waals surface area contributed by atoms with E-state index >= 15 is 0 Å². The molecule has 0 bridgehead atoms. The van der Waals surface area contributed by atoms with E-state index in [2.05, 4.69) is 10.7 Å². The molecule has 1 aromatic carbocycles. The molecule has 0 saturated carbocycles. The van der Waals surface area contributed by atoms with Gasteiger partial charge >= 0.3 is 0 Å². The summed E-state index contributed by atoms with van der Waals surface area (Å²) in [4.78, 5) is 0. The van der Waals surface area contributed by atoms with E-state index in [9.17, 15) is 8.78 Å². The maximum atomic E-state index is 13.6. The highest BCUT2D eigenvalue weighted by Gasteiger charge is 2.14. The van der Waals surface area contributed by atoms with Crippen LogP contribution in [0.3, 0.4) is 0 Å². The Kier molecular flexibility index (Phi) is 4.44. The topological polar surface area (TPSA) is 12.0 Å². The number of hydrogen-bond donors (Lipinski definition) is 1. The maximum absolute atomic E-state index is 13.6. The van der Waals surface area contributed by atoms with Crippen molar-refractivity contribution in [2.75, 3.05) is 6.54 Å². The lowest BCUT2D eigenvalue weighted by molar-refractivity contribution is 0.522. The highest BCUT2D eigenvalue weighted by Crippen LogP contribution is 2.22. The number of thiophene rings is 1. The number of nitrogens with one attached hydrogen (secondary N) is 1. The monoisotopic (exact) mass is 267 g/mol. The van der Waals surface area contributed by atoms with E-state index in [0.717, 1.165) is 18.2 Å². The third-order valence-electron chi connectivity index (χ3n) is 2.84. The normalized spacial score (nSPS) is 12.6. The van der Waals surface area contributed by atoms with Gasteiger partial charge in [-0.05, 0) is 47.0 Å². The van der Waals surface area contributed by atoms with Crippen molar-refractivity contribution >= 4 is 11.3 Å². The van der Waals surface area contributed by atoms with Crippen molar-refractivity contribution in [3.05, 3.63) is 57.8 Å². The predicted octanol–water partition coefficient (Wildman–Crippen LogP) is 3.92. The van der Waals surface area contributed by atoms with Crippen molar-refractivity contribution in [3.63, 3.8) is 0 Å². The van der Waals surface area contributed by atoms with E-state index < -0.39 is 11.6 Å². The zero-order chi connectivity index (χ0) is 13.0. The first-order chi connectivity index (χ1) is 8.70. The minimum absolute atomic E-state index is 0.0706. The summed E-state index contributed by atoms with van der Waals surface area (Å²) >= 11 is 1.62. The average Bonchev–Trinajstić information content (AvgIpc) is 2.85. The molecule has 96 valence electrons. The molecule has 0 spiro atoms. The van der Waals surface area contributed by atoms with Crippen molar-refractivity contribution < 1.29 is 8.78 Å². The standard InChI is InChI=1S/C14H15F2NS/c1-2-17-14(11-5-6-18-9-11)7-10-3-4-12(15)8-13(10)16/h3-6,8-9,14,17H,2,7H2,1H3. The first-order valence-corrected chi connectivity index (χ1v) is 6.84. The second-order valence-corrected chi connectivity index (χ2v) is 4.89. The molecule has 0 radical (unpaired) electrons. The van der Waals surface area contributed by atoms with Crippen molar-refractivity contribution in [2.24, 2.45) is 0 Å². The molecule has 2 aromatic rings. The zero-order valence-corrected chi connectivity index (χ0v) is 10.9. The summed E-state index contributed by atoms with van der Waals surface area (Å²) < 4.78 is 26.5. The summed E-state index contributed by atoms with van der Waals surface area (Å²) in [5, 5.41) is 7.37. The van der Waals surface area contributed by atoms with Crippen molar-refractivity contribution in [1.82, 2.24) is 5.32 Å². The summed E-state index contributed by atoms with van der Waals surface area (Å²) in [6.45, 7) is 2.82. The SMILES string of the molecule is CCNC(Cc1ccc(F)cc1F)c1ccsc1. The molecule has 1 unspecified atom stereocenters. The van der Waals surface area contributed by atoms with Crippen molar-refractivity contribution in [2.45, 2.75) is 19.4 Å². The fourth-order valence-corrected chi connectivity index (χ4v) is 2.65. The van der Waals surface area contributed by atoms with E-state index in [1.54, 1.807) is 11.3 Å². The summed E-state index contributed by atoms with van der Waals surface area (Å²) in [5.74, 6) is -1.01. The van der Waals surface area contributed by atoms with E-state index in [4.69, 9.17) is 0 Å². The molecular weight excluding hydrogens is 252 g/mol. The summed E-state index contributed by atoms with van der Waals surface area (Å²) in [6.07, 6.45) is 0.524. The van der Waals surface area contributed by atoms with Gasteiger partial charge in [0.2, 0.25) is 0 Å². The Hall–Kier alpha value is -1.26. The molecule has 0 aliphatic carbocycles. The Balaban J connectivity index is 2.18. The number of likely N-dealkylation sites (N-methyl/N-ethyl adjacent to an activating group) is 1. The van der Waals surface area contributed by atoms with E-state index in [1.807, 2.05) is 18.4 Å². The molecule has 1 heterocycles. The zero-order valence-electron chi connectivity index (χ0n) is 10.1. The van der Waals surface area contributed by atoms with E-state index in [-0.39, 0.29) is 6.04 Å². The van der Waals surface area contributed by atoms with Crippen LogP contribution in [0.2, 0.25) is 0 Å². The van der Waals surface area contributed by atoms with Gasteiger partial charge in [0.15, 0.2) is 0 Å². The van der Waals surface area contributed by atoms with Crippen LogP contribution >= 0.6 is 11.3 Å². The molecule has 1 N–H and O–H groups in total. The lowest BCUT2D eigenvalue weighted by atomic mass is 10.0. The van der Waals surface area contributed by atoms with Gasteiger partial charge in [0.1, 0.15) is 11.6 Å². The van der Waals surface area contributed by atoms with Gasteiger partial charge in [-0.1, -0.05) is 13.0 Å². The molecule has 0 aliphatic rings. The number of hydrogen-bond acceptors (Lipinski definition) is 2. The summed E-state index contributed by atoms with van der Waals surface area (Å²) in [5.41, 5.74) is 1.68. The highest BCUT2D eigenvalue weighted by atomic mass is 32.1. The van der Waals surface area contributed by atoms with Crippen LogP contribution in [0.5, 0.6) is 0 Å². The summed E-state index contributed by atoms with van der Waals surface area (Å²) in [7, 11) is 0. The molecule has 18 heavy (non-hydrogen) atoms. The van der Waals surface area contributed by atoms with Crippen LogP contribution in [0.25, 0.3) is 0 Å². The fourth-order valence-electron chi connectivity index (χ4n) is 1.93. The van der Waals surface area contributed by atoms with Crippen LogP contribution in [0.1, 0.15) is 24.1 Å². The highest BCUT2D eigenvalue weighted by molar-refractivity contribution is 7.07. The number of benzene rings is 1. The molecule has 1 nitrogen and oxygen atoms in total. The smallest absolute Gasteiger partial charge is 0.129 e. The molecule has 1 aromatic heterocycles. The first-order valence-electron chi connectivity index (χ1n) is 5.90. The van der Waals surface area contributed by atoms with Crippen LogP contribution < -0.4 is 5.32 Å². The van der Waals surface area contributed by atoms with Crippen molar-refractivity contribution in [3.8, 4) is 0 Å². The van der Waals surface area contributed by atoms with Gasteiger partial charge in [0, 0.05) is 12.1 Å². The molecule has 0 amide bonds. The summed E-state index contributed by atoms with van der Waals surface area (Å²) in [6, 6.07) is 5.85. The quantitative estimate of drug-likeness (QED) is 0.865. The lowest BCUT2D eigenvalue weighted by Crippen LogP contribution is -2.22. The molecular formula is C14H15F2NS. The van der Waals surface area contributed by atoms with Gasteiger partial charge < -0.3 is 5.32 Å². The second kappa shape index (κ2) is 6.07. The molecule has 2 rings (SSSR count). The minimum atomic E-state index is -0.535. The Morgan fingerprint density at radius 1 is 1.28 bits per heavy atom. The third kappa shape index (κ3) is 3.15. The average molecular weight is 267 g/mol. The molecule has 1 atom stereocenters. The van der Waals surface area contributed by atoms with Gasteiger partial charge in [-0.2, -0.15) is 11.3 Å². The van der Waals surface area contributed by atoms with Crippen molar-refractivity contribution in [1.29, 1.82) is 0 Å². The Labute approximate surface area is 109 Å². The van der Waals surface area contributed by atoms with Gasteiger partial charge in [-0.15, -0.1) is 0 Å². The molecule has 0 saturated heterocycles. The van der Waals surface area contributed by atoms with Gasteiger partial charge in [0.25, 0.3) is 0 Å². The number of halogens is 2. The Morgan fingerprint density at radius 2 is 2.11 bits per heavy atom. The predicted molar refractivity (Wildman–Crippen MR) is 70.8 cm³/mol. The van der Waals surface area contributed by atoms with Gasteiger partial charge in [-0.3, -0.25) is 0 Å². The minimum Gasteiger partial charge on any atom is -0.310 e. The third-order valence-corrected chi connectivity index (χ3v) is 3.54. The van der Waals surface area contributed by atoms with Crippen LogP contribution in [-0.2, 0) is 6.42 Å². The van der Waals surface area contributed by atoms with E-state index in [1.165, 1.54) is 12.1 Å².